The highest BCUT2D eigenvalue weighted by Gasteiger charge is 2.32. The molecule has 3 rings (SSSR count). The number of urea groups is 1. The molecule has 1 saturated heterocycles. The lowest BCUT2D eigenvalue weighted by Gasteiger charge is -2.38. The summed E-state index contributed by atoms with van der Waals surface area (Å²) in [6, 6.07) is 8.00. The normalized spacial score (nSPS) is 14.8. The Morgan fingerprint density at radius 3 is 2.76 bits per heavy atom. The Morgan fingerprint density at radius 2 is 2.08 bits per heavy atom. The smallest absolute Gasteiger partial charge is 0.416 e. The molecule has 0 spiro atoms. The van der Waals surface area contributed by atoms with Crippen LogP contribution in [0.25, 0.3) is 0 Å². The van der Waals surface area contributed by atoms with Gasteiger partial charge in [-0.1, -0.05) is 6.07 Å². The monoisotopic (exact) mass is 351 g/mol. The minimum absolute atomic E-state index is 0.0918. The Hall–Kier alpha value is -2.77. The van der Waals surface area contributed by atoms with E-state index in [-0.39, 0.29) is 24.3 Å². The van der Waals surface area contributed by atoms with E-state index < -0.39 is 11.7 Å². The lowest BCUT2D eigenvalue weighted by molar-refractivity contribution is -0.137. The number of carbonyl (C=O) groups excluding carboxylic acids is 1. The predicted molar refractivity (Wildman–Crippen MR) is 85.3 cm³/mol. The Kier molecular flexibility index (Phi) is 4.78. The van der Waals surface area contributed by atoms with Gasteiger partial charge in [0, 0.05) is 25.2 Å². The number of rotatable bonds is 4. The van der Waals surface area contributed by atoms with Crippen molar-refractivity contribution in [1.29, 1.82) is 0 Å². The molecule has 25 heavy (non-hydrogen) atoms. The fourth-order valence-corrected chi connectivity index (χ4v) is 2.46. The highest BCUT2D eigenvalue weighted by molar-refractivity contribution is 5.89. The van der Waals surface area contributed by atoms with Gasteiger partial charge >= 0.3 is 12.2 Å². The molecule has 1 aromatic carbocycles. The molecule has 0 bridgehead atoms. The SMILES string of the molecule is O=C(Nc1cccnc1)N1CC(COc2cccc(C(F)(F)F)c2)C1. The van der Waals surface area contributed by atoms with Gasteiger partial charge < -0.3 is 15.0 Å². The molecule has 2 amide bonds. The third-order valence-corrected chi connectivity index (χ3v) is 3.80. The summed E-state index contributed by atoms with van der Waals surface area (Å²) in [7, 11) is 0. The van der Waals surface area contributed by atoms with E-state index in [1.54, 1.807) is 29.4 Å². The van der Waals surface area contributed by atoms with E-state index in [9.17, 15) is 18.0 Å². The Balaban J connectivity index is 1.44. The molecule has 1 aromatic heterocycles. The number of halogens is 3. The van der Waals surface area contributed by atoms with Crippen molar-refractivity contribution >= 4 is 11.7 Å². The zero-order valence-corrected chi connectivity index (χ0v) is 13.2. The minimum atomic E-state index is -4.39. The highest BCUT2D eigenvalue weighted by Crippen LogP contribution is 2.31. The summed E-state index contributed by atoms with van der Waals surface area (Å²) in [6.07, 6.45) is -1.23. The Labute approximate surface area is 142 Å². The van der Waals surface area contributed by atoms with E-state index in [0.717, 1.165) is 12.1 Å². The first kappa shape index (κ1) is 17.1. The molecule has 0 radical (unpaired) electrons. The van der Waals surface area contributed by atoms with Gasteiger partial charge in [-0.25, -0.2) is 4.79 Å². The fraction of sp³-hybridized carbons (Fsp3) is 0.294. The highest BCUT2D eigenvalue weighted by atomic mass is 19.4. The number of pyridine rings is 1. The van der Waals surface area contributed by atoms with Gasteiger partial charge in [-0.15, -0.1) is 0 Å². The molecule has 132 valence electrons. The number of amides is 2. The predicted octanol–water partition coefficient (Wildman–Crippen LogP) is 3.64. The largest absolute Gasteiger partial charge is 0.493 e. The van der Waals surface area contributed by atoms with Crippen LogP contribution in [0.1, 0.15) is 5.56 Å². The molecule has 2 heterocycles. The first-order chi connectivity index (χ1) is 11.9. The molecule has 8 heteroatoms. The van der Waals surface area contributed by atoms with Crippen molar-refractivity contribution in [3.63, 3.8) is 0 Å². The van der Waals surface area contributed by atoms with Crippen molar-refractivity contribution in [3.8, 4) is 5.75 Å². The molecule has 1 fully saturated rings. The zero-order valence-electron chi connectivity index (χ0n) is 13.2. The number of nitrogens with one attached hydrogen (secondary N) is 1. The number of ether oxygens (including phenoxy) is 1. The number of aromatic nitrogens is 1. The molecular weight excluding hydrogens is 335 g/mol. The van der Waals surface area contributed by atoms with Gasteiger partial charge in [0.2, 0.25) is 0 Å². The lowest BCUT2D eigenvalue weighted by atomic mass is 10.0. The van der Waals surface area contributed by atoms with E-state index in [2.05, 4.69) is 10.3 Å². The average Bonchev–Trinajstić information content (AvgIpc) is 2.54. The molecule has 0 saturated carbocycles. The van der Waals surface area contributed by atoms with E-state index in [0.29, 0.717) is 18.8 Å². The van der Waals surface area contributed by atoms with Crippen LogP contribution in [0.2, 0.25) is 0 Å². The quantitative estimate of drug-likeness (QED) is 0.915. The topological polar surface area (TPSA) is 54.5 Å². The van der Waals surface area contributed by atoms with Crippen molar-refractivity contribution in [1.82, 2.24) is 9.88 Å². The van der Waals surface area contributed by atoms with Gasteiger partial charge in [0.1, 0.15) is 5.75 Å². The minimum Gasteiger partial charge on any atom is -0.493 e. The number of alkyl halides is 3. The summed E-state index contributed by atoms with van der Waals surface area (Å²) in [5, 5.41) is 2.72. The van der Waals surface area contributed by atoms with Crippen LogP contribution >= 0.6 is 0 Å². The molecule has 1 aliphatic heterocycles. The first-order valence-corrected chi connectivity index (χ1v) is 7.68. The van der Waals surface area contributed by atoms with Gasteiger partial charge in [-0.05, 0) is 30.3 Å². The van der Waals surface area contributed by atoms with Crippen molar-refractivity contribution in [2.75, 3.05) is 25.0 Å². The van der Waals surface area contributed by atoms with Gasteiger partial charge in [0.25, 0.3) is 0 Å². The van der Waals surface area contributed by atoms with Gasteiger partial charge in [0.15, 0.2) is 0 Å². The number of nitrogens with zero attached hydrogens (tertiary/aromatic N) is 2. The van der Waals surface area contributed by atoms with Crippen molar-refractivity contribution < 1.29 is 22.7 Å². The molecule has 0 atom stereocenters. The third-order valence-electron chi connectivity index (χ3n) is 3.80. The summed E-state index contributed by atoms with van der Waals surface area (Å²) in [6.45, 7) is 1.24. The standard InChI is InChI=1S/C17H16F3N3O2/c18-17(19,20)13-3-1-5-15(7-13)25-11-12-9-23(10-12)16(24)22-14-4-2-6-21-8-14/h1-8,12H,9-11H2,(H,22,24). The lowest BCUT2D eigenvalue weighted by Crippen LogP contribution is -2.53. The molecule has 0 unspecified atom stereocenters. The van der Waals surface area contributed by atoms with Crippen LogP contribution in [0, 0.1) is 5.92 Å². The molecule has 5 nitrogen and oxygen atoms in total. The number of hydrogen-bond donors (Lipinski definition) is 1. The van der Waals surface area contributed by atoms with Gasteiger partial charge in [0.05, 0.1) is 24.1 Å². The van der Waals surface area contributed by atoms with Crippen molar-refractivity contribution in [3.05, 3.63) is 54.4 Å². The maximum atomic E-state index is 12.7. The second kappa shape index (κ2) is 7.00. The summed E-state index contributed by atoms with van der Waals surface area (Å²) in [4.78, 5) is 17.5. The fourth-order valence-electron chi connectivity index (χ4n) is 2.46. The molecular formula is C17H16F3N3O2. The van der Waals surface area contributed by atoms with Crippen LogP contribution in [0.15, 0.2) is 48.8 Å². The second-order valence-electron chi connectivity index (χ2n) is 5.78. The molecule has 0 aliphatic carbocycles. The van der Waals surface area contributed by atoms with Crippen LogP contribution in [-0.2, 0) is 6.18 Å². The van der Waals surface area contributed by atoms with Crippen LogP contribution < -0.4 is 10.1 Å². The molecule has 1 aliphatic rings. The van der Waals surface area contributed by atoms with Crippen LogP contribution in [0.5, 0.6) is 5.75 Å². The van der Waals surface area contributed by atoms with Crippen molar-refractivity contribution in [2.24, 2.45) is 5.92 Å². The van der Waals surface area contributed by atoms with Crippen molar-refractivity contribution in [2.45, 2.75) is 6.18 Å². The summed E-state index contributed by atoms with van der Waals surface area (Å²) >= 11 is 0. The summed E-state index contributed by atoms with van der Waals surface area (Å²) in [5.74, 6) is 0.266. The number of anilines is 1. The Morgan fingerprint density at radius 1 is 1.28 bits per heavy atom. The summed E-state index contributed by atoms with van der Waals surface area (Å²) in [5.41, 5.74) is -0.132. The average molecular weight is 351 g/mol. The van der Waals surface area contributed by atoms with E-state index in [4.69, 9.17) is 4.74 Å². The molecule has 2 aromatic rings. The maximum absolute atomic E-state index is 12.7. The Bertz CT molecular complexity index is 731. The van der Waals surface area contributed by atoms with E-state index >= 15 is 0 Å². The number of likely N-dealkylation sites (tertiary alicyclic amines) is 1. The zero-order chi connectivity index (χ0) is 17.9. The van der Waals surface area contributed by atoms with Gasteiger partial charge in [-0.3, -0.25) is 4.98 Å². The summed E-state index contributed by atoms with van der Waals surface area (Å²) < 4.78 is 43.4. The number of hydrogen-bond acceptors (Lipinski definition) is 3. The van der Waals surface area contributed by atoms with Crippen LogP contribution in [0.4, 0.5) is 23.7 Å². The first-order valence-electron chi connectivity index (χ1n) is 7.68. The van der Waals surface area contributed by atoms with Crippen LogP contribution in [-0.4, -0.2) is 35.6 Å². The third kappa shape index (κ3) is 4.40. The molecule has 1 N–H and O–H groups in total. The second-order valence-corrected chi connectivity index (χ2v) is 5.78. The maximum Gasteiger partial charge on any atom is 0.416 e. The van der Waals surface area contributed by atoms with E-state index in [1.165, 1.54) is 12.1 Å². The van der Waals surface area contributed by atoms with E-state index in [1.807, 2.05) is 0 Å². The van der Waals surface area contributed by atoms with Crippen LogP contribution in [0.3, 0.4) is 0 Å². The number of carbonyl (C=O) groups is 1. The number of benzene rings is 1. The van der Waals surface area contributed by atoms with Gasteiger partial charge in [-0.2, -0.15) is 13.2 Å².